The lowest BCUT2D eigenvalue weighted by Crippen LogP contribution is -2.35. The molecule has 15 heavy (non-hydrogen) atoms. The highest BCUT2D eigenvalue weighted by atomic mass is 32.9. The second-order valence-electron chi connectivity index (χ2n) is 4.08. The first-order valence-corrected chi connectivity index (χ1v) is 8.88. The number of rotatable bonds is 2. The zero-order valence-electron chi connectivity index (χ0n) is 9.36. The topological polar surface area (TPSA) is 3.01 Å². The summed E-state index contributed by atoms with van der Waals surface area (Å²) in [5, 5.41) is 0. The molecule has 4 heteroatoms. The zero-order valence-corrected chi connectivity index (χ0v) is 11.8. The van der Waals surface area contributed by atoms with Gasteiger partial charge in [0.05, 0.1) is 4.21 Å². The van der Waals surface area contributed by atoms with Gasteiger partial charge < -0.3 is 0 Å². The Labute approximate surface area is 103 Å². The van der Waals surface area contributed by atoms with Crippen LogP contribution in [0.1, 0.15) is 32.1 Å². The van der Waals surface area contributed by atoms with Gasteiger partial charge >= 0.3 is 0 Å². The van der Waals surface area contributed by atoms with E-state index in [1.165, 1.54) is 41.0 Å². The molecule has 1 aliphatic carbocycles. The van der Waals surface area contributed by atoms with Crippen LogP contribution in [0.5, 0.6) is 0 Å². The van der Waals surface area contributed by atoms with Crippen LogP contribution in [0, 0.1) is 0 Å². The third kappa shape index (κ3) is 2.86. The summed E-state index contributed by atoms with van der Waals surface area (Å²) in [4.78, 5) is 0. The molecule has 0 aliphatic heterocycles. The van der Waals surface area contributed by atoms with Gasteiger partial charge in [0.15, 0.2) is 6.04 Å². The van der Waals surface area contributed by atoms with Gasteiger partial charge in [0.25, 0.3) is 4.67 Å². The average molecular weight is 260 g/mol. The van der Waals surface area contributed by atoms with E-state index in [4.69, 9.17) is 0 Å². The van der Waals surface area contributed by atoms with Crippen molar-refractivity contribution in [1.82, 2.24) is 4.58 Å². The Morgan fingerprint density at radius 1 is 1.27 bits per heavy atom. The van der Waals surface area contributed by atoms with Crippen molar-refractivity contribution in [1.29, 1.82) is 0 Å². The summed E-state index contributed by atoms with van der Waals surface area (Å²) >= 11 is 1.86. The smallest absolute Gasteiger partial charge is 0.220 e. The van der Waals surface area contributed by atoms with E-state index in [0.717, 1.165) is 6.04 Å². The lowest BCUT2D eigenvalue weighted by Gasteiger charge is -2.17. The first kappa shape index (κ1) is 11.7. The maximum Gasteiger partial charge on any atom is 0.268 e. The lowest BCUT2D eigenvalue weighted by molar-refractivity contribution is 0.357. The minimum atomic E-state index is 0.791. The molecule has 0 bridgehead atoms. The third-order valence-electron chi connectivity index (χ3n) is 3.12. The lowest BCUT2D eigenvalue weighted by atomic mass is 9.95. The average Bonchev–Trinajstić information content (AvgIpc) is 2.78. The van der Waals surface area contributed by atoms with E-state index in [1.54, 1.807) is 0 Å². The second kappa shape index (κ2) is 5.51. The monoisotopic (exact) mass is 260 g/mol. The summed E-state index contributed by atoms with van der Waals surface area (Å²) in [7, 11) is 6.09. The van der Waals surface area contributed by atoms with Gasteiger partial charge in [-0.3, -0.25) is 0 Å². The molecule has 0 amide bonds. The van der Waals surface area contributed by atoms with Crippen LogP contribution in [-0.4, -0.2) is 19.3 Å². The van der Waals surface area contributed by atoms with E-state index in [9.17, 15) is 0 Å². The minimum absolute atomic E-state index is 0.791. The molecule has 0 saturated heterocycles. The van der Waals surface area contributed by atoms with E-state index in [1.807, 2.05) is 32.4 Å². The summed E-state index contributed by atoms with van der Waals surface area (Å²) in [5.74, 6) is 0. The van der Waals surface area contributed by atoms with Crippen LogP contribution in [0.25, 0.3) is 0 Å². The van der Waals surface area contributed by atoms with Gasteiger partial charge in [-0.2, -0.15) is 0 Å². The fourth-order valence-corrected chi connectivity index (χ4v) is 5.61. The molecule has 1 heterocycles. The molecule has 0 atom stereocenters. The number of thioether (sulfide) groups is 1. The van der Waals surface area contributed by atoms with Crippen molar-refractivity contribution >= 4 is 32.4 Å². The predicted octanol–water partition coefficient (Wildman–Crippen LogP) is 3.27. The van der Waals surface area contributed by atoms with Crippen LogP contribution < -0.4 is 9.25 Å². The van der Waals surface area contributed by atoms with E-state index < -0.39 is 0 Å². The van der Waals surface area contributed by atoms with Crippen LogP contribution >= 0.6 is 32.4 Å². The largest absolute Gasteiger partial charge is 0.268 e. The molecule has 1 fully saturated rings. The van der Waals surface area contributed by atoms with E-state index in [0.29, 0.717) is 0 Å². The molecule has 1 aromatic heterocycles. The zero-order chi connectivity index (χ0) is 10.7. The molecule has 0 spiro atoms. The van der Waals surface area contributed by atoms with E-state index in [-0.39, 0.29) is 0 Å². The van der Waals surface area contributed by atoms with E-state index in [2.05, 4.69) is 23.9 Å². The predicted molar refractivity (Wildman–Crippen MR) is 72.0 cm³/mol. The number of hydrogen-bond donors (Lipinski definition) is 0. The van der Waals surface area contributed by atoms with Crippen LogP contribution in [0.15, 0.2) is 10.3 Å². The van der Waals surface area contributed by atoms with Gasteiger partial charge in [-0.05, 0) is 29.4 Å². The SMILES string of the molecule is CSc1cc(=[N+](C)C2CCCCC2)ss1. The van der Waals surface area contributed by atoms with Crippen molar-refractivity contribution in [2.75, 3.05) is 13.3 Å². The molecule has 0 aromatic carbocycles. The minimum Gasteiger partial charge on any atom is -0.220 e. The van der Waals surface area contributed by atoms with Crippen LogP contribution in [0.3, 0.4) is 0 Å². The highest BCUT2D eigenvalue weighted by Crippen LogP contribution is 2.22. The van der Waals surface area contributed by atoms with Crippen molar-refractivity contribution in [3.8, 4) is 0 Å². The molecule has 0 radical (unpaired) electrons. The number of hydrogen-bond acceptors (Lipinski definition) is 3. The van der Waals surface area contributed by atoms with Gasteiger partial charge in [0, 0.05) is 18.9 Å². The van der Waals surface area contributed by atoms with Crippen molar-refractivity contribution in [2.24, 2.45) is 0 Å². The molecule has 1 aliphatic rings. The summed E-state index contributed by atoms with van der Waals surface area (Å²) in [5.41, 5.74) is 0. The summed E-state index contributed by atoms with van der Waals surface area (Å²) in [6, 6.07) is 3.13. The van der Waals surface area contributed by atoms with Crippen LogP contribution in [0.4, 0.5) is 0 Å². The molecule has 1 nitrogen and oxygen atoms in total. The van der Waals surface area contributed by atoms with Gasteiger partial charge in [0.1, 0.15) is 7.05 Å². The molecule has 1 aromatic rings. The molecule has 0 unspecified atom stereocenters. The maximum absolute atomic E-state index is 2.50. The Hall–Kier alpha value is 0.200. The Morgan fingerprint density at radius 3 is 2.60 bits per heavy atom. The Balaban J connectivity index is 2.22. The third-order valence-corrected chi connectivity index (χ3v) is 6.95. The van der Waals surface area contributed by atoms with E-state index >= 15 is 0 Å². The Bertz CT molecular complexity index is 371. The molecule has 1 saturated carbocycles. The molecular weight excluding hydrogens is 242 g/mol. The molecule has 0 N–H and O–H groups in total. The number of nitrogens with zero attached hydrogens (tertiary/aromatic N) is 1. The molecular formula is C11H18NS3+. The molecule has 2 rings (SSSR count). The fourth-order valence-electron chi connectivity index (χ4n) is 2.13. The Kier molecular flexibility index (Phi) is 4.29. The van der Waals surface area contributed by atoms with Gasteiger partial charge in [-0.25, -0.2) is 4.58 Å². The van der Waals surface area contributed by atoms with Gasteiger partial charge in [-0.1, -0.05) is 16.8 Å². The second-order valence-corrected chi connectivity index (χ2v) is 7.37. The highest BCUT2D eigenvalue weighted by molar-refractivity contribution is 8.02. The van der Waals surface area contributed by atoms with Crippen molar-refractivity contribution in [2.45, 2.75) is 42.4 Å². The normalized spacial score (nSPS) is 20.4. The Morgan fingerprint density at radius 2 is 2.00 bits per heavy atom. The van der Waals surface area contributed by atoms with Crippen molar-refractivity contribution < 1.29 is 0 Å². The fraction of sp³-hybridized carbons (Fsp3) is 0.727. The summed E-state index contributed by atoms with van der Waals surface area (Å²) in [6.07, 6.45) is 9.19. The van der Waals surface area contributed by atoms with Crippen molar-refractivity contribution in [3.63, 3.8) is 0 Å². The van der Waals surface area contributed by atoms with Crippen molar-refractivity contribution in [3.05, 3.63) is 10.7 Å². The quantitative estimate of drug-likeness (QED) is 0.448. The van der Waals surface area contributed by atoms with Crippen LogP contribution in [-0.2, 0) is 0 Å². The summed E-state index contributed by atoms with van der Waals surface area (Å²) < 4.78 is 5.40. The standard InChI is InChI=1S/C11H18NS3/c1-12(9-6-4-3-5-7-9)10-8-11(13-2)15-14-10/h8-9H,3-7H2,1-2H3/q+1. The van der Waals surface area contributed by atoms with Crippen LogP contribution in [0.2, 0.25) is 0 Å². The first-order chi connectivity index (χ1) is 7.31. The first-order valence-electron chi connectivity index (χ1n) is 5.51. The maximum atomic E-state index is 2.50. The summed E-state index contributed by atoms with van der Waals surface area (Å²) in [6.45, 7) is 0. The van der Waals surface area contributed by atoms with Gasteiger partial charge in [0.2, 0.25) is 0 Å². The van der Waals surface area contributed by atoms with Gasteiger partial charge in [-0.15, -0.1) is 11.8 Å². The molecule has 84 valence electrons. The highest BCUT2D eigenvalue weighted by Gasteiger charge is 2.21.